The Morgan fingerprint density at radius 1 is 1.28 bits per heavy atom. The minimum absolute atomic E-state index is 0.0163. The first-order valence-corrected chi connectivity index (χ1v) is 7.83. The number of hydrogen-bond acceptors (Lipinski definition) is 3. The van der Waals surface area contributed by atoms with E-state index in [1.165, 1.54) is 0 Å². The molecular weight excluding hydrogens is 335 g/mol. The van der Waals surface area contributed by atoms with Crippen LogP contribution in [0.4, 0.5) is 13.2 Å². The largest absolute Gasteiger partial charge is 0.426 e. The lowest BCUT2D eigenvalue weighted by molar-refractivity contribution is -0.250. The van der Waals surface area contributed by atoms with Crippen LogP contribution in [-0.2, 0) is 11.3 Å². The van der Waals surface area contributed by atoms with Gasteiger partial charge in [0.2, 0.25) is 5.60 Å². The number of amides is 1. The summed E-state index contributed by atoms with van der Waals surface area (Å²) < 4.78 is 40.6. The fraction of sp³-hybridized carbons (Fsp3) is 0.412. The molecule has 1 aliphatic heterocycles. The van der Waals surface area contributed by atoms with E-state index in [4.69, 9.17) is 0 Å². The highest BCUT2D eigenvalue weighted by Gasteiger charge is 2.57. The van der Waals surface area contributed by atoms with Gasteiger partial charge in [-0.2, -0.15) is 18.3 Å². The number of carbonyl (C=O) groups excluding carboxylic acids is 1. The molecular formula is C17H18F3N3O2. The highest BCUT2D eigenvalue weighted by Crippen LogP contribution is 2.35. The highest BCUT2D eigenvalue weighted by molar-refractivity contribution is 5.85. The van der Waals surface area contributed by atoms with Crippen LogP contribution in [0.2, 0.25) is 0 Å². The topological polar surface area (TPSA) is 58.4 Å². The third-order valence-electron chi connectivity index (χ3n) is 4.46. The highest BCUT2D eigenvalue weighted by atomic mass is 19.4. The molecule has 25 heavy (non-hydrogen) atoms. The molecule has 0 saturated carbocycles. The second kappa shape index (κ2) is 5.87. The van der Waals surface area contributed by atoms with Crippen molar-refractivity contribution in [2.45, 2.75) is 38.1 Å². The Labute approximate surface area is 142 Å². The molecule has 2 atom stereocenters. The molecule has 1 N–H and O–H groups in total. The Balaban J connectivity index is 1.91. The third-order valence-corrected chi connectivity index (χ3v) is 4.46. The Bertz CT molecular complexity index is 784. The molecule has 1 amide bonds. The summed E-state index contributed by atoms with van der Waals surface area (Å²) in [6, 6.07) is 9.38. The average Bonchev–Trinajstić information content (AvgIpc) is 2.98. The van der Waals surface area contributed by atoms with Crippen molar-refractivity contribution in [3.8, 4) is 5.69 Å². The maximum atomic E-state index is 12.9. The van der Waals surface area contributed by atoms with Crippen LogP contribution in [-0.4, -0.2) is 44.0 Å². The van der Waals surface area contributed by atoms with Crippen molar-refractivity contribution in [3.05, 3.63) is 47.8 Å². The fourth-order valence-corrected chi connectivity index (χ4v) is 3.08. The number of carbonyl (C=O) groups is 1. The Hall–Kier alpha value is -2.35. The summed E-state index contributed by atoms with van der Waals surface area (Å²) in [6.07, 6.45) is -3.47. The minimum Gasteiger partial charge on any atom is -0.373 e. The molecule has 2 aromatic rings. The number of hydrogen-bond donors (Lipinski definition) is 1. The summed E-state index contributed by atoms with van der Waals surface area (Å²) in [5.41, 5.74) is -1.02. The van der Waals surface area contributed by atoms with E-state index in [9.17, 15) is 23.1 Å². The quantitative estimate of drug-likeness (QED) is 0.903. The number of aliphatic hydroxyl groups is 1. The predicted molar refractivity (Wildman–Crippen MR) is 84.1 cm³/mol. The SMILES string of the molecule is C[C@@H]1CN(C(=O)C(C)(O)C(F)(F)F)Cc2cnn(-c3ccccc3)c21. The number of alkyl halides is 3. The lowest BCUT2D eigenvalue weighted by atomic mass is 9.95. The van der Waals surface area contributed by atoms with Crippen LogP contribution in [0.5, 0.6) is 0 Å². The number of benzene rings is 1. The fourth-order valence-electron chi connectivity index (χ4n) is 3.08. The summed E-state index contributed by atoms with van der Waals surface area (Å²) in [6.45, 7) is 2.37. The van der Waals surface area contributed by atoms with E-state index in [-0.39, 0.29) is 19.0 Å². The smallest absolute Gasteiger partial charge is 0.373 e. The van der Waals surface area contributed by atoms with Crippen LogP contribution in [0.3, 0.4) is 0 Å². The monoisotopic (exact) mass is 353 g/mol. The van der Waals surface area contributed by atoms with Crippen LogP contribution < -0.4 is 0 Å². The zero-order chi connectivity index (χ0) is 18.4. The van der Waals surface area contributed by atoms with Gasteiger partial charge < -0.3 is 10.0 Å². The number of fused-ring (bicyclic) bond motifs is 1. The van der Waals surface area contributed by atoms with Crippen molar-refractivity contribution in [3.63, 3.8) is 0 Å². The summed E-state index contributed by atoms with van der Waals surface area (Å²) in [7, 11) is 0. The van der Waals surface area contributed by atoms with Gasteiger partial charge in [0.05, 0.1) is 17.6 Å². The molecule has 2 heterocycles. The maximum Gasteiger partial charge on any atom is 0.426 e. The molecule has 3 rings (SSSR count). The second-order valence-electron chi connectivity index (χ2n) is 6.46. The summed E-state index contributed by atoms with van der Waals surface area (Å²) in [5.74, 6) is -1.57. The first-order valence-electron chi connectivity index (χ1n) is 7.83. The maximum absolute atomic E-state index is 12.9. The third kappa shape index (κ3) is 2.90. The van der Waals surface area contributed by atoms with Gasteiger partial charge in [-0.1, -0.05) is 25.1 Å². The van der Waals surface area contributed by atoms with E-state index >= 15 is 0 Å². The van der Waals surface area contributed by atoms with E-state index in [0.717, 1.165) is 16.3 Å². The number of rotatable bonds is 2. The van der Waals surface area contributed by atoms with Gasteiger partial charge in [-0.3, -0.25) is 4.79 Å². The molecule has 8 heteroatoms. The second-order valence-corrected chi connectivity index (χ2v) is 6.46. The van der Waals surface area contributed by atoms with Crippen molar-refractivity contribution >= 4 is 5.91 Å². The van der Waals surface area contributed by atoms with Crippen LogP contribution in [0.1, 0.15) is 31.0 Å². The summed E-state index contributed by atoms with van der Waals surface area (Å²) >= 11 is 0. The molecule has 0 radical (unpaired) electrons. The van der Waals surface area contributed by atoms with Crippen LogP contribution in [0.25, 0.3) is 5.69 Å². The molecule has 1 aliphatic rings. The van der Waals surface area contributed by atoms with Crippen molar-refractivity contribution < 1.29 is 23.1 Å². The number of aromatic nitrogens is 2. The lowest BCUT2D eigenvalue weighted by Gasteiger charge is -2.36. The molecule has 0 aliphatic carbocycles. The van der Waals surface area contributed by atoms with Gasteiger partial charge in [0, 0.05) is 24.6 Å². The van der Waals surface area contributed by atoms with Gasteiger partial charge in [0.15, 0.2) is 0 Å². The predicted octanol–water partition coefficient (Wildman–Crippen LogP) is 2.63. The van der Waals surface area contributed by atoms with Crippen molar-refractivity contribution in [2.24, 2.45) is 0 Å². The first-order chi connectivity index (χ1) is 11.6. The van der Waals surface area contributed by atoms with Gasteiger partial charge in [-0.25, -0.2) is 4.68 Å². The van der Waals surface area contributed by atoms with E-state index in [0.29, 0.717) is 12.5 Å². The van der Waals surface area contributed by atoms with E-state index in [1.807, 2.05) is 37.3 Å². The van der Waals surface area contributed by atoms with Crippen LogP contribution in [0, 0.1) is 0 Å². The lowest BCUT2D eigenvalue weighted by Crippen LogP contribution is -2.57. The van der Waals surface area contributed by atoms with Gasteiger partial charge in [0.1, 0.15) is 0 Å². The molecule has 0 fully saturated rings. The van der Waals surface area contributed by atoms with Crippen LogP contribution >= 0.6 is 0 Å². The zero-order valence-corrected chi connectivity index (χ0v) is 13.8. The molecule has 1 aromatic heterocycles. The van der Waals surface area contributed by atoms with E-state index in [2.05, 4.69) is 5.10 Å². The summed E-state index contributed by atoms with van der Waals surface area (Å²) in [5, 5.41) is 14.0. The Kier molecular flexibility index (Phi) is 4.10. The van der Waals surface area contributed by atoms with Gasteiger partial charge in [-0.15, -0.1) is 0 Å². The van der Waals surface area contributed by atoms with Gasteiger partial charge in [-0.05, 0) is 19.1 Å². The van der Waals surface area contributed by atoms with Crippen LogP contribution in [0.15, 0.2) is 36.5 Å². The molecule has 1 unspecified atom stereocenters. The average molecular weight is 353 g/mol. The molecule has 5 nitrogen and oxygen atoms in total. The number of halogens is 3. The summed E-state index contributed by atoms with van der Waals surface area (Å²) in [4.78, 5) is 13.3. The van der Waals surface area contributed by atoms with Crippen molar-refractivity contribution in [2.75, 3.05) is 6.54 Å². The van der Waals surface area contributed by atoms with E-state index < -0.39 is 17.7 Å². The normalized spacial score (nSPS) is 20.1. The standard InChI is InChI=1S/C17H18F3N3O2/c1-11-9-22(15(24)16(2,25)17(18,19)20)10-12-8-21-23(14(11)12)13-6-4-3-5-7-13/h3-8,11,25H,9-10H2,1-2H3/t11-,16?/m1/s1. The molecule has 0 saturated heterocycles. The molecule has 0 spiro atoms. The molecule has 1 aromatic carbocycles. The zero-order valence-electron chi connectivity index (χ0n) is 13.8. The molecule has 134 valence electrons. The van der Waals surface area contributed by atoms with E-state index in [1.54, 1.807) is 10.9 Å². The minimum atomic E-state index is -5.03. The Morgan fingerprint density at radius 3 is 2.52 bits per heavy atom. The van der Waals surface area contributed by atoms with Crippen molar-refractivity contribution in [1.82, 2.24) is 14.7 Å². The van der Waals surface area contributed by atoms with Gasteiger partial charge in [0.25, 0.3) is 5.91 Å². The first kappa shape index (κ1) is 17.5. The van der Waals surface area contributed by atoms with Crippen molar-refractivity contribution in [1.29, 1.82) is 0 Å². The number of para-hydroxylation sites is 1. The number of nitrogens with zero attached hydrogens (tertiary/aromatic N) is 3. The molecule has 0 bridgehead atoms. The van der Waals surface area contributed by atoms with Gasteiger partial charge >= 0.3 is 6.18 Å². The Morgan fingerprint density at radius 2 is 1.92 bits per heavy atom.